The van der Waals surface area contributed by atoms with Crippen LogP contribution in [0.1, 0.15) is 5.56 Å². The first-order valence-corrected chi connectivity index (χ1v) is 8.10. The predicted molar refractivity (Wildman–Crippen MR) is 93.2 cm³/mol. The average Bonchev–Trinajstić information content (AvgIpc) is 2.65. The molecule has 1 aromatic heterocycles. The van der Waals surface area contributed by atoms with Crippen LogP contribution in [0.25, 0.3) is 22.0 Å². The molecule has 10 heteroatoms. The fraction of sp³-hybridized carbons (Fsp3) is 0.222. The second kappa shape index (κ2) is 7.56. The number of phenolic OH excluding ortho intramolecular Hbond substituents is 1. The third-order valence-electron chi connectivity index (χ3n) is 4.04. The number of phenols is 1. The van der Waals surface area contributed by atoms with Crippen LogP contribution in [0.4, 0.5) is 23.4 Å². The van der Waals surface area contributed by atoms with Crippen LogP contribution in [-0.4, -0.2) is 44.8 Å². The van der Waals surface area contributed by atoms with Crippen LogP contribution in [0.3, 0.4) is 0 Å². The Morgan fingerprint density at radius 1 is 1.07 bits per heavy atom. The largest absolute Gasteiger partial charge is 0.507 e. The van der Waals surface area contributed by atoms with Gasteiger partial charge in [-0.25, -0.2) is 4.39 Å². The molecule has 1 atom stereocenters. The number of hydrogen-bond acceptors (Lipinski definition) is 6. The smallest absolute Gasteiger partial charge is 0.416 e. The summed E-state index contributed by atoms with van der Waals surface area (Å²) in [5.74, 6) is -1.98. The lowest BCUT2D eigenvalue weighted by atomic mass is 10.0. The number of aromatic nitrogens is 2. The Bertz CT molecular complexity index is 988. The molecule has 0 spiro atoms. The Labute approximate surface area is 156 Å². The first kappa shape index (κ1) is 19.8. The first-order chi connectivity index (χ1) is 13.2. The molecule has 0 bridgehead atoms. The van der Waals surface area contributed by atoms with Crippen molar-refractivity contribution in [1.82, 2.24) is 10.2 Å². The van der Waals surface area contributed by atoms with E-state index < -0.39 is 41.6 Å². The number of nitrogens with one attached hydrogen (secondary N) is 1. The fourth-order valence-electron chi connectivity index (χ4n) is 2.69. The van der Waals surface area contributed by atoms with Crippen LogP contribution in [0, 0.1) is 5.82 Å². The number of aliphatic hydroxyl groups excluding tert-OH is 2. The van der Waals surface area contributed by atoms with Gasteiger partial charge in [-0.3, -0.25) is 0 Å². The zero-order valence-corrected chi connectivity index (χ0v) is 14.2. The Hall–Kier alpha value is -2.98. The number of anilines is 1. The van der Waals surface area contributed by atoms with Gasteiger partial charge in [-0.1, -0.05) is 24.3 Å². The SMILES string of the molecule is OC[C@@H](O)CNc1nnc(-c2c(O)cc(C(F)(F)F)cc2F)c2ccccc12. The molecular weight excluding hydrogens is 382 g/mol. The van der Waals surface area contributed by atoms with Crippen LogP contribution < -0.4 is 5.32 Å². The van der Waals surface area contributed by atoms with E-state index in [2.05, 4.69) is 15.5 Å². The lowest BCUT2D eigenvalue weighted by Crippen LogP contribution is -2.23. The normalized spacial score (nSPS) is 12.9. The Balaban J connectivity index is 2.13. The van der Waals surface area contributed by atoms with Gasteiger partial charge in [-0.05, 0) is 12.1 Å². The van der Waals surface area contributed by atoms with E-state index in [0.717, 1.165) is 0 Å². The minimum absolute atomic E-state index is 0.0333. The number of nitrogens with zero attached hydrogens (tertiary/aromatic N) is 2. The molecule has 0 saturated heterocycles. The Morgan fingerprint density at radius 3 is 2.36 bits per heavy atom. The molecule has 0 amide bonds. The molecular formula is C18H15F4N3O3. The number of aliphatic hydroxyl groups is 2. The molecule has 148 valence electrons. The molecule has 6 nitrogen and oxygen atoms in total. The quantitative estimate of drug-likeness (QED) is 0.494. The van der Waals surface area contributed by atoms with Gasteiger partial charge < -0.3 is 20.6 Å². The second-order valence-corrected chi connectivity index (χ2v) is 6.01. The van der Waals surface area contributed by atoms with Crippen molar-refractivity contribution in [1.29, 1.82) is 0 Å². The number of rotatable bonds is 5. The summed E-state index contributed by atoms with van der Waals surface area (Å²) in [6.45, 7) is -0.504. The summed E-state index contributed by atoms with van der Waals surface area (Å²) in [5.41, 5.74) is -1.95. The molecule has 0 radical (unpaired) electrons. The van der Waals surface area contributed by atoms with Gasteiger partial charge >= 0.3 is 6.18 Å². The molecule has 0 aliphatic carbocycles. The van der Waals surface area contributed by atoms with Crippen molar-refractivity contribution in [3.05, 3.63) is 47.8 Å². The van der Waals surface area contributed by atoms with Crippen LogP contribution in [0.2, 0.25) is 0 Å². The minimum Gasteiger partial charge on any atom is -0.507 e. The number of hydrogen-bond donors (Lipinski definition) is 4. The second-order valence-electron chi connectivity index (χ2n) is 6.01. The predicted octanol–water partition coefficient (Wildman–Crippen LogP) is 2.93. The van der Waals surface area contributed by atoms with Crippen molar-refractivity contribution in [3.8, 4) is 17.0 Å². The lowest BCUT2D eigenvalue weighted by molar-refractivity contribution is -0.137. The Morgan fingerprint density at radius 2 is 1.75 bits per heavy atom. The van der Waals surface area contributed by atoms with E-state index in [1.54, 1.807) is 24.3 Å². The van der Waals surface area contributed by atoms with E-state index in [4.69, 9.17) is 5.11 Å². The summed E-state index contributed by atoms with van der Waals surface area (Å²) in [4.78, 5) is 0. The molecule has 0 saturated carbocycles. The van der Waals surface area contributed by atoms with E-state index in [-0.39, 0.29) is 24.1 Å². The van der Waals surface area contributed by atoms with Crippen LogP contribution in [-0.2, 0) is 6.18 Å². The maximum absolute atomic E-state index is 14.5. The fourth-order valence-corrected chi connectivity index (χ4v) is 2.69. The van der Waals surface area contributed by atoms with Crippen molar-refractivity contribution in [2.45, 2.75) is 12.3 Å². The molecule has 3 rings (SSSR count). The highest BCUT2D eigenvalue weighted by atomic mass is 19.4. The lowest BCUT2D eigenvalue weighted by Gasteiger charge is -2.15. The van der Waals surface area contributed by atoms with Crippen molar-refractivity contribution >= 4 is 16.6 Å². The summed E-state index contributed by atoms with van der Waals surface area (Å²) >= 11 is 0. The van der Waals surface area contributed by atoms with Crippen LogP contribution in [0.5, 0.6) is 5.75 Å². The van der Waals surface area contributed by atoms with Gasteiger partial charge in [0.15, 0.2) is 5.82 Å². The summed E-state index contributed by atoms with van der Waals surface area (Å²) < 4.78 is 52.9. The van der Waals surface area contributed by atoms with E-state index in [0.29, 0.717) is 16.8 Å². The van der Waals surface area contributed by atoms with Gasteiger partial charge in [-0.2, -0.15) is 13.2 Å². The molecule has 0 fully saturated rings. The summed E-state index contributed by atoms with van der Waals surface area (Å²) in [5, 5.41) is 39.7. The van der Waals surface area contributed by atoms with Gasteiger partial charge in [0.1, 0.15) is 17.3 Å². The summed E-state index contributed by atoms with van der Waals surface area (Å²) in [7, 11) is 0. The van der Waals surface area contributed by atoms with Crippen molar-refractivity contribution < 1.29 is 32.9 Å². The monoisotopic (exact) mass is 397 g/mol. The topological polar surface area (TPSA) is 98.5 Å². The van der Waals surface area contributed by atoms with Gasteiger partial charge in [0.2, 0.25) is 0 Å². The van der Waals surface area contributed by atoms with E-state index in [9.17, 15) is 27.8 Å². The molecule has 0 unspecified atom stereocenters. The highest BCUT2D eigenvalue weighted by Gasteiger charge is 2.33. The van der Waals surface area contributed by atoms with Crippen LogP contribution in [0.15, 0.2) is 36.4 Å². The van der Waals surface area contributed by atoms with E-state index >= 15 is 0 Å². The molecule has 0 aliphatic heterocycles. The summed E-state index contributed by atoms with van der Waals surface area (Å²) in [6.07, 6.45) is -5.86. The van der Waals surface area contributed by atoms with Gasteiger partial charge in [0.25, 0.3) is 0 Å². The zero-order valence-electron chi connectivity index (χ0n) is 14.2. The van der Waals surface area contributed by atoms with Crippen molar-refractivity contribution in [2.75, 3.05) is 18.5 Å². The number of benzene rings is 2. The molecule has 0 aliphatic rings. The average molecular weight is 397 g/mol. The maximum Gasteiger partial charge on any atom is 0.416 e. The molecule has 2 aromatic carbocycles. The zero-order chi connectivity index (χ0) is 20.5. The van der Waals surface area contributed by atoms with Crippen molar-refractivity contribution in [2.24, 2.45) is 0 Å². The first-order valence-electron chi connectivity index (χ1n) is 8.10. The van der Waals surface area contributed by atoms with E-state index in [1.807, 2.05) is 0 Å². The number of alkyl halides is 3. The van der Waals surface area contributed by atoms with Crippen LogP contribution >= 0.6 is 0 Å². The maximum atomic E-state index is 14.5. The minimum atomic E-state index is -4.81. The molecule has 3 aromatic rings. The number of fused-ring (bicyclic) bond motifs is 1. The molecule has 28 heavy (non-hydrogen) atoms. The van der Waals surface area contributed by atoms with Gasteiger partial charge in [-0.15, -0.1) is 10.2 Å². The Kier molecular flexibility index (Phi) is 5.34. The third kappa shape index (κ3) is 3.82. The standard InChI is InChI=1S/C18H15F4N3O3/c19-13-5-9(18(20,21)22)6-14(28)15(13)16-11-3-1-2-4-12(11)17(25-24-16)23-7-10(27)8-26/h1-6,10,26-28H,7-8H2,(H,23,25)/t10-/m0/s1. The van der Waals surface area contributed by atoms with Crippen molar-refractivity contribution in [3.63, 3.8) is 0 Å². The number of halogens is 4. The number of aromatic hydroxyl groups is 1. The highest BCUT2D eigenvalue weighted by Crippen LogP contribution is 2.40. The molecule has 4 N–H and O–H groups in total. The summed E-state index contributed by atoms with van der Waals surface area (Å²) in [6, 6.07) is 7.14. The third-order valence-corrected chi connectivity index (χ3v) is 4.04. The van der Waals surface area contributed by atoms with Gasteiger partial charge in [0.05, 0.1) is 23.8 Å². The highest BCUT2D eigenvalue weighted by molar-refractivity contribution is 6.01. The van der Waals surface area contributed by atoms with E-state index in [1.165, 1.54) is 0 Å². The van der Waals surface area contributed by atoms with Gasteiger partial charge in [0, 0.05) is 17.3 Å². The molecule has 1 heterocycles.